The molecule has 0 aliphatic heterocycles. The Morgan fingerprint density at radius 2 is 1.65 bits per heavy atom. The number of benzene rings is 2. The summed E-state index contributed by atoms with van der Waals surface area (Å²) >= 11 is 0. The lowest BCUT2D eigenvalue weighted by Gasteiger charge is -2.20. The lowest BCUT2D eigenvalue weighted by atomic mass is 9.87. The molecule has 2 aromatic carbocycles. The molecular weight excluding hydrogens is 308 g/mol. The van der Waals surface area contributed by atoms with E-state index < -0.39 is 10.0 Å². The molecule has 5 heteroatoms. The van der Waals surface area contributed by atoms with Crippen molar-refractivity contribution in [3.8, 4) is 0 Å². The molecule has 122 valence electrons. The number of sulfonamides is 1. The fourth-order valence-corrected chi connectivity index (χ4v) is 3.40. The summed E-state index contributed by atoms with van der Waals surface area (Å²) in [5.41, 5.74) is 7.90. The van der Waals surface area contributed by atoms with E-state index in [-0.39, 0.29) is 16.1 Å². The molecule has 0 amide bonds. The lowest BCUT2D eigenvalue weighted by Crippen LogP contribution is -2.17. The van der Waals surface area contributed by atoms with E-state index in [0.29, 0.717) is 11.1 Å². The third-order valence-electron chi connectivity index (χ3n) is 3.62. The maximum Gasteiger partial charge on any atom is 0.284 e. The summed E-state index contributed by atoms with van der Waals surface area (Å²) in [7, 11) is -3.86. The Balaban J connectivity index is 2.52. The van der Waals surface area contributed by atoms with Crippen molar-refractivity contribution in [3.63, 3.8) is 0 Å². The molecule has 4 nitrogen and oxygen atoms in total. The molecule has 2 aromatic rings. The van der Waals surface area contributed by atoms with Gasteiger partial charge in [-0.05, 0) is 29.5 Å². The minimum absolute atomic E-state index is 0.00818. The smallest absolute Gasteiger partial charge is 0.284 e. The molecule has 2 N–H and O–H groups in total. The molecule has 0 bridgehead atoms. The minimum Gasteiger partial charge on any atom is -0.383 e. The number of aryl methyl sites for hydroxylation is 1. The van der Waals surface area contributed by atoms with Crippen LogP contribution in [0.25, 0.3) is 0 Å². The van der Waals surface area contributed by atoms with E-state index in [9.17, 15) is 8.42 Å². The van der Waals surface area contributed by atoms with Crippen molar-refractivity contribution in [2.45, 2.75) is 38.0 Å². The summed E-state index contributed by atoms with van der Waals surface area (Å²) < 4.78 is 29.1. The standard InChI is InChI=1S/C18H22N2O2S/c1-13-10-11-15(18(2,3)4)12-16(13)23(21,22)20-17(19)14-8-6-5-7-9-14/h5-12H,1-4H3,(H2,19,20). The van der Waals surface area contributed by atoms with Crippen LogP contribution in [-0.2, 0) is 15.4 Å². The van der Waals surface area contributed by atoms with E-state index in [1.807, 2.05) is 39.0 Å². The lowest BCUT2D eigenvalue weighted by molar-refractivity contribution is 0.583. The molecule has 0 heterocycles. The number of nitrogens with two attached hydrogens (primary N) is 1. The molecule has 0 radical (unpaired) electrons. The average Bonchev–Trinajstić information content (AvgIpc) is 2.46. The number of nitrogens with zero attached hydrogens (tertiary/aromatic N) is 1. The molecule has 0 spiro atoms. The van der Waals surface area contributed by atoms with Crippen molar-refractivity contribution < 1.29 is 8.42 Å². The van der Waals surface area contributed by atoms with Gasteiger partial charge in [0.1, 0.15) is 5.84 Å². The van der Waals surface area contributed by atoms with Crippen LogP contribution in [0.15, 0.2) is 57.8 Å². The molecule has 0 saturated carbocycles. The molecule has 0 aromatic heterocycles. The van der Waals surface area contributed by atoms with E-state index in [4.69, 9.17) is 5.73 Å². The third kappa shape index (κ3) is 3.99. The minimum atomic E-state index is -3.86. The summed E-state index contributed by atoms with van der Waals surface area (Å²) in [5.74, 6) is -0.00818. The largest absolute Gasteiger partial charge is 0.383 e. The predicted molar refractivity (Wildman–Crippen MR) is 94.2 cm³/mol. The second-order valence-electron chi connectivity index (χ2n) is 6.55. The highest BCUT2D eigenvalue weighted by Crippen LogP contribution is 2.27. The Labute approximate surface area is 138 Å². The zero-order chi connectivity index (χ0) is 17.3. The third-order valence-corrected chi connectivity index (χ3v) is 5.05. The van der Waals surface area contributed by atoms with Gasteiger partial charge in [-0.3, -0.25) is 0 Å². The quantitative estimate of drug-likeness (QED) is 0.692. The fraction of sp³-hybridized carbons (Fsp3) is 0.278. The average molecular weight is 330 g/mol. The first-order valence-corrected chi connectivity index (χ1v) is 8.82. The van der Waals surface area contributed by atoms with Gasteiger partial charge in [0.05, 0.1) is 4.90 Å². The van der Waals surface area contributed by atoms with Gasteiger partial charge in [-0.25, -0.2) is 0 Å². The van der Waals surface area contributed by atoms with Gasteiger partial charge in [0.2, 0.25) is 0 Å². The van der Waals surface area contributed by atoms with Gasteiger partial charge < -0.3 is 5.73 Å². The van der Waals surface area contributed by atoms with Crippen LogP contribution in [0.4, 0.5) is 0 Å². The molecule has 0 atom stereocenters. The van der Waals surface area contributed by atoms with Crippen LogP contribution in [0.3, 0.4) is 0 Å². The van der Waals surface area contributed by atoms with Gasteiger partial charge >= 0.3 is 0 Å². The van der Waals surface area contributed by atoms with Crippen LogP contribution in [0.5, 0.6) is 0 Å². The summed E-state index contributed by atoms with van der Waals surface area (Å²) in [5, 5.41) is 0. The van der Waals surface area contributed by atoms with Crippen LogP contribution in [0, 0.1) is 6.92 Å². The Morgan fingerprint density at radius 1 is 1.04 bits per heavy atom. The van der Waals surface area contributed by atoms with E-state index in [2.05, 4.69) is 4.40 Å². The van der Waals surface area contributed by atoms with Gasteiger partial charge in [0, 0.05) is 5.56 Å². The first kappa shape index (κ1) is 17.2. The summed E-state index contributed by atoms with van der Waals surface area (Å²) in [6, 6.07) is 14.3. The molecule has 0 aliphatic carbocycles. The zero-order valence-corrected chi connectivity index (χ0v) is 14.7. The van der Waals surface area contributed by atoms with Crippen molar-refractivity contribution in [1.29, 1.82) is 0 Å². The number of hydrogen-bond acceptors (Lipinski definition) is 2. The highest BCUT2D eigenvalue weighted by atomic mass is 32.2. The predicted octanol–water partition coefficient (Wildman–Crippen LogP) is 3.39. The van der Waals surface area contributed by atoms with Gasteiger partial charge in [-0.2, -0.15) is 8.42 Å². The molecule has 0 fully saturated rings. The highest BCUT2D eigenvalue weighted by Gasteiger charge is 2.21. The maximum atomic E-state index is 12.6. The molecule has 23 heavy (non-hydrogen) atoms. The summed E-state index contributed by atoms with van der Waals surface area (Å²) in [6.07, 6.45) is 0. The Bertz CT molecular complexity index is 833. The molecular formula is C18H22N2O2S. The van der Waals surface area contributed by atoms with E-state index >= 15 is 0 Å². The van der Waals surface area contributed by atoms with Crippen LogP contribution >= 0.6 is 0 Å². The Kier molecular flexibility index (Phi) is 4.61. The molecule has 0 aliphatic rings. The van der Waals surface area contributed by atoms with Crippen molar-refractivity contribution in [1.82, 2.24) is 0 Å². The van der Waals surface area contributed by atoms with Gasteiger partial charge in [-0.1, -0.05) is 63.2 Å². The van der Waals surface area contributed by atoms with Gasteiger partial charge in [0.15, 0.2) is 0 Å². The van der Waals surface area contributed by atoms with Gasteiger partial charge in [0.25, 0.3) is 10.0 Å². The highest BCUT2D eigenvalue weighted by molar-refractivity contribution is 7.90. The monoisotopic (exact) mass is 330 g/mol. The Morgan fingerprint density at radius 3 is 2.22 bits per heavy atom. The maximum absolute atomic E-state index is 12.6. The normalized spacial score (nSPS) is 13.1. The van der Waals surface area contributed by atoms with E-state index in [1.165, 1.54) is 0 Å². The summed E-state index contributed by atoms with van der Waals surface area (Å²) in [4.78, 5) is 0.198. The molecule has 0 unspecified atom stereocenters. The van der Waals surface area contributed by atoms with Crippen molar-refractivity contribution in [2.24, 2.45) is 10.1 Å². The van der Waals surface area contributed by atoms with Crippen LogP contribution < -0.4 is 5.73 Å². The second-order valence-corrected chi connectivity index (χ2v) is 8.12. The van der Waals surface area contributed by atoms with Crippen LogP contribution in [0.2, 0.25) is 0 Å². The van der Waals surface area contributed by atoms with Crippen molar-refractivity contribution in [3.05, 3.63) is 65.2 Å². The van der Waals surface area contributed by atoms with Crippen molar-refractivity contribution >= 4 is 15.9 Å². The summed E-state index contributed by atoms with van der Waals surface area (Å²) in [6.45, 7) is 7.87. The zero-order valence-electron chi connectivity index (χ0n) is 13.9. The first-order chi connectivity index (χ1) is 10.6. The molecule has 2 rings (SSSR count). The first-order valence-electron chi connectivity index (χ1n) is 7.38. The van der Waals surface area contributed by atoms with Crippen LogP contribution in [-0.4, -0.2) is 14.3 Å². The SMILES string of the molecule is Cc1ccc(C(C)(C)C)cc1S(=O)(=O)N=C(N)c1ccccc1. The van der Waals surface area contributed by atoms with Crippen molar-refractivity contribution in [2.75, 3.05) is 0 Å². The number of amidine groups is 1. The van der Waals surface area contributed by atoms with E-state index in [0.717, 1.165) is 5.56 Å². The van der Waals surface area contributed by atoms with Gasteiger partial charge in [-0.15, -0.1) is 4.40 Å². The fourth-order valence-electron chi connectivity index (χ4n) is 2.18. The second kappa shape index (κ2) is 6.16. The van der Waals surface area contributed by atoms with Crippen LogP contribution in [0.1, 0.15) is 37.5 Å². The molecule has 0 saturated heterocycles. The number of rotatable bonds is 3. The topological polar surface area (TPSA) is 72.5 Å². The Hall–Kier alpha value is -2.14. The number of hydrogen-bond donors (Lipinski definition) is 1. The van der Waals surface area contributed by atoms with E-state index in [1.54, 1.807) is 37.3 Å².